The average Bonchev–Trinajstić information content (AvgIpc) is 2.66. The van der Waals surface area contributed by atoms with E-state index < -0.39 is 0 Å². The second kappa shape index (κ2) is 16.7. The molecule has 1 rings (SSSR count). The second-order valence-corrected chi connectivity index (χ2v) is 6.50. The minimum Gasteiger partial charge on any atom is -0.491 e. The first kappa shape index (κ1) is 22.2. The molecule has 144 valence electrons. The van der Waals surface area contributed by atoms with E-state index in [4.69, 9.17) is 9.47 Å². The maximum atomic E-state index is 5.67. The van der Waals surface area contributed by atoms with Crippen LogP contribution in [0.3, 0.4) is 0 Å². The molecule has 0 unspecified atom stereocenters. The van der Waals surface area contributed by atoms with Gasteiger partial charge >= 0.3 is 0 Å². The van der Waals surface area contributed by atoms with Crippen molar-refractivity contribution in [3.05, 3.63) is 66.8 Å². The van der Waals surface area contributed by atoms with Gasteiger partial charge in [0.15, 0.2) is 0 Å². The summed E-state index contributed by atoms with van der Waals surface area (Å²) in [7, 11) is 1.69. The van der Waals surface area contributed by atoms with Gasteiger partial charge in [-0.2, -0.15) is 0 Å². The van der Waals surface area contributed by atoms with Gasteiger partial charge in [0, 0.05) is 7.11 Å². The molecule has 0 heterocycles. The highest BCUT2D eigenvalue weighted by Crippen LogP contribution is 2.16. The van der Waals surface area contributed by atoms with Gasteiger partial charge in [-0.25, -0.2) is 0 Å². The van der Waals surface area contributed by atoms with E-state index >= 15 is 0 Å². The molecular formula is C24H36O2. The first-order chi connectivity index (χ1) is 12.9. The van der Waals surface area contributed by atoms with Gasteiger partial charge < -0.3 is 9.47 Å². The van der Waals surface area contributed by atoms with Crippen LogP contribution in [0.5, 0.6) is 5.75 Å². The van der Waals surface area contributed by atoms with Gasteiger partial charge in [-0.15, -0.1) is 6.58 Å². The van der Waals surface area contributed by atoms with Crippen LogP contribution < -0.4 is 4.74 Å². The molecule has 0 N–H and O–H groups in total. The summed E-state index contributed by atoms with van der Waals surface area (Å²) in [4.78, 5) is 0. The van der Waals surface area contributed by atoms with Crippen molar-refractivity contribution in [3.63, 3.8) is 0 Å². The number of allylic oxidation sites excluding steroid dienone is 5. The summed E-state index contributed by atoms with van der Waals surface area (Å²) in [6.45, 7) is 4.95. The summed E-state index contributed by atoms with van der Waals surface area (Å²) in [5.74, 6) is 0.950. The van der Waals surface area contributed by atoms with Crippen LogP contribution in [0.4, 0.5) is 0 Å². The van der Waals surface area contributed by atoms with E-state index in [1.165, 1.54) is 44.1 Å². The van der Waals surface area contributed by atoms with Gasteiger partial charge in [0.1, 0.15) is 12.4 Å². The highest BCUT2D eigenvalue weighted by atomic mass is 16.5. The van der Waals surface area contributed by atoms with Crippen molar-refractivity contribution >= 4 is 0 Å². The van der Waals surface area contributed by atoms with Crippen molar-refractivity contribution in [2.24, 2.45) is 0 Å². The number of methoxy groups -OCH3 is 1. The van der Waals surface area contributed by atoms with Crippen LogP contribution in [-0.4, -0.2) is 20.3 Å². The number of hydrogen-bond donors (Lipinski definition) is 0. The largest absolute Gasteiger partial charge is 0.491 e. The van der Waals surface area contributed by atoms with E-state index in [1.807, 2.05) is 12.1 Å². The van der Waals surface area contributed by atoms with Crippen molar-refractivity contribution in [3.8, 4) is 5.75 Å². The Hall–Kier alpha value is -1.80. The second-order valence-electron chi connectivity index (χ2n) is 6.50. The Labute approximate surface area is 160 Å². The Bertz CT molecular complexity index is 517. The topological polar surface area (TPSA) is 18.5 Å². The quantitative estimate of drug-likeness (QED) is 0.243. The molecule has 0 saturated carbocycles. The van der Waals surface area contributed by atoms with Crippen LogP contribution >= 0.6 is 0 Å². The Morgan fingerprint density at radius 1 is 0.885 bits per heavy atom. The molecule has 0 fully saturated rings. The minimum absolute atomic E-state index is 0.611. The lowest BCUT2D eigenvalue weighted by Gasteiger charge is -2.07. The molecule has 0 spiro atoms. The van der Waals surface area contributed by atoms with Gasteiger partial charge in [0.25, 0.3) is 0 Å². The van der Waals surface area contributed by atoms with E-state index in [-0.39, 0.29) is 0 Å². The number of hydrogen-bond acceptors (Lipinski definition) is 2. The summed E-state index contributed by atoms with van der Waals surface area (Å²) in [6, 6.07) is 8.44. The molecule has 0 amide bonds. The molecule has 0 aliphatic carbocycles. The van der Waals surface area contributed by atoms with Crippen molar-refractivity contribution in [2.75, 3.05) is 20.3 Å². The summed E-state index contributed by atoms with van der Waals surface area (Å²) in [5.41, 5.74) is 1.37. The molecule has 0 aliphatic rings. The third kappa shape index (κ3) is 12.5. The lowest BCUT2D eigenvalue weighted by atomic mass is 10.0. The van der Waals surface area contributed by atoms with Gasteiger partial charge in [0.05, 0.1) is 6.61 Å². The summed E-state index contributed by atoms with van der Waals surface area (Å²) in [6.07, 6.45) is 21.8. The van der Waals surface area contributed by atoms with E-state index in [0.717, 1.165) is 25.0 Å². The predicted molar refractivity (Wildman–Crippen MR) is 113 cm³/mol. The molecule has 0 aromatic heterocycles. The number of aryl methyl sites for hydroxylation is 1. The molecule has 1 aromatic carbocycles. The Kier molecular flexibility index (Phi) is 14.2. The zero-order valence-electron chi connectivity index (χ0n) is 16.5. The van der Waals surface area contributed by atoms with Crippen molar-refractivity contribution in [1.82, 2.24) is 0 Å². The van der Waals surface area contributed by atoms with Gasteiger partial charge in [-0.1, -0.05) is 61.8 Å². The fourth-order valence-corrected chi connectivity index (χ4v) is 2.74. The Balaban J connectivity index is 2.01. The fourth-order valence-electron chi connectivity index (χ4n) is 2.74. The molecule has 2 heteroatoms. The minimum atomic E-state index is 0.611. The van der Waals surface area contributed by atoms with Crippen molar-refractivity contribution in [1.29, 1.82) is 0 Å². The van der Waals surface area contributed by atoms with Crippen molar-refractivity contribution in [2.45, 2.75) is 57.8 Å². The molecule has 26 heavy (non-hydrogen) atoms. The summed E-state index contributed by atoms with van der Waals surface area (Å²) >= 11 is 0. The maximum absolute atomic E-state index is 5.67. The van der Waals surface area contributed by atoms with Crippen molar-refractivity contribution < 1.29 is 9.47 Å². The number of rotatable bonds is 16. The Morgan fingerprint density at radius 2 is 1.65 bits per heavy atom. The number of benzene rings is 1. The monoisotopic (exact) mass is 356 g/mol. The van der Waals surface area contributed by atoms with Crippen LogP contribution in [0.1, 0.15) is 56.9 Å². The molecule has 0 saturated heterocycles. The maximum Gasteiger partial charge on any atom is 0.119 e. The van der Waals surface area contributed by atoms with Gasteiger partial charge in [-0.3, -0.25) is 0 Å². The molecule has 0 radical (unpaired) electrons. The van der Waals surface area contributed by atoms with E-state index in [1.54, 1.807) is 7.11 Å². The van der Waals surface area contributed by atoms with E-state index in [2.05, 4.69) is 49.1 Å². The third-order valence-electron chi connectivity index (χ3n) is 4.20. The highest BCUT2D eigenvalue weighted by molar-refractivity contribution is 5.28. The molecule has 0 aliphatic heterocycles. The standard InChI is InChI=1S/C24H36O2/c1-3-4-5-6-7-8-9-10-11-12-13-14-15-17-23-18-16-19-24(22-23)26-21-20-25-2/h3,5-6,8-9,16,18-19,22H,1,4,7,10-15,17,20-21H2,2H3/b6-5+,9-8+. The van der Waals surface area contributed by atoms with Crippen LogP contribution in [0.2, 0.25) is 0 Å². The zero-order chi connectivity index (χ0) is 18.7. The average molecular weight is 357 g/mol. The Morgan fingerprint density at radius 3 is 2.50 bits per heavy atom. The van der Waals surface area contributed by atoms with E-state index in [9.17, 15) is 0 Å². The zero-order valence-corrected chi connectivity index (χ0v) is 16.5. The fraction of sp³-hybridized carbons (Fsp3) is 0.500. The summed E-state index contributed by atoms with van der Waals surface area (Å²) < 4.78 is 10.7. The van der Waals surface area contributed by atoms with Crippen LogP contribution in [0, 0.1) is 0 Å². The van der Waals surface area contributed by atoms with Gasteiger partial charge in [0.2, 0.25) is 0 Å². The molecular weight excluding hydrogens is 320 g/mol. The third-order valence-corrected chi connectivity index (χ3v) is 4.20. The predicted octanol–water partition coefficient (Wildman–Crippen LogP) is 6.67. The smallest absolute Gasteiger partial charge is 0.119 e. The molecule has 0 bridgehead atoms. The normalized spacial score (nSPS) is 11.4. The first-order valence-corrected chi connectivity index (χ1v) is 9.98. The molecule has 0 atom stereocenters. The van der Waals surface area contributed by atoms with Crippen LogP contribution in [0.15, 0.2) is 61.2 Å². The number of ether oxygens (including phenoxy) is 2. The van der Waals surface area contributed by atoms with Gasteiger partial charge in [-0.05, 0) is 56.2 Å². The SMILES string of the molecule is C=CC/C=C/C/C=C/CCCCCCCc1cccc(OCCOC)c1. The van der Waals surface area contributed by atoms with E-state index in [0.29, 0.717) is 13.2 Å². The molecule has 2 nitrogen and oxygen atoms in total. The molecule has 1 aromatic rings. The lowest BCUT2D eigenvalue weighted by molar-refractivity contribution is 0.146. The first-order valence-electron chi connectivity index (χ1n) is 9.98. The lowest BCUT2D eigenvalue weighted by Crippen LogP contribution is -2.04. The number of unbranched alkanes of at least 4 members (excludes halogenated alkanes) is 5. The highest BCUT2D eigenvalue weighted by Gasteiger charge is 1.98. The van der Waals surface area contributed by atoms with Crippen LogP contribution in [0.25, 0.3) is 0 Å². The van der Waals surface area contributed by atoms with Crippen LogP contribution in [-0.2, 0) is 11.2 Å². The summed E-state index contributed by atoms with van der Waals surface area (Å²) in [5, 5.41) is 0.